The van der Waals surface area contributed by atoms with Gasteiger partial charge in [0.25, 0.3) is 5.92 Å². The zero-order valence-electron chi connectivity index (χ0n) is 24.0. The van der Waals surface area contributed by atoms with Gasteiger partial charge in [0.05, 0.1) is 23.0 Å². The van der Waals surface area contributed by atoms with Crippen molar-refractivity contribution in [1.29, 1.82) is 0 Å². The molecule has 0 spiro atoms. The Morgan fingerprint density at radius 1 is 1.16 bits per heavy atom. The summed E-state index contributed by atoms with van der Waals surface area (Å²) in [6.07, 6.45) is 7.13. The molecular formula is C32H29F5N6O2. The van der Waals surface area contributed by atoms with Gasteiger partial charge < -0.3 is 20.5 Å². The summed E-state index contributed by atoms with van der Waals surface area (Å²) >= 11 is 0. The number of aromatic hydroxyl groups is 1. The largest absolute Gasteiger partial charge is 0.508 e. The molecule has 0 bridgehead atoms. The maximum Gasteiger partial charge on any atom is 0.319 e. The van der Waals surface area contributed by atoms with E-state index >= 15 is 4.39 Å². The van der Waals surface area contributed by atoms with E-state index in [0.29, 0.717) is 11.8 Å². The molecule has 5 heterocycles. The van der Waals surface area contributed by atoms with Gasteiger partial charge in [-0.15, -0.1) is 6.42 Å². The first-order chi connectivity index (χ1) is 21.5. The van der Waals surface area contributed by atoms with Crippen molar-refractivity contribution in [3.05, 3.63) is 47.7 Å². The lowest BCUT2D eigenvalue weighted by atomic mass is 9.95. The minimum atomic E-state index is -3.14. The predicted molar refractivity (Wildman–Crippen MR) is 158 cm³/mol. The van der Waals surface area contributed by atoms with Crippen LogP contribution < -0.4 is 15.4 Å². The second-order valence-electron chi connectivity index (χ2n) is 12.2. The van der Waals surface area contributed by atoms with E-state index in [1.54, 1.807) is 0 Å². The summed E-state index contributed by atoms with van der Waals surface area (Å²) in [4.78, 5) is 16.3. The molecule has 2 aromatic heterocycles. The number of terminal acetylenes is 1. The second kappa shape index (κ2) is 10.7. The van der Waals surface area contributed by atoms with E-state index in [2.05, 4.69) is 20.9 Å². The number of ether oxygens (including phenoxy) is 1. The third kappa shape index (κ3) is 5.06. The highest BCUT2D eigenvalue weighted by Gasteiger charge is 2.49. The van der Waals surface area contributed by atoms with Crippen LogP contribution in [0.3, 0.4) is 0 Å². The number of pyridine rings is 1. The molecule has 3 saturated heterocycles. The quantitative estimate of drug-likeness (QED) is 0.238. The van der Waals surface area contributed by atoms with Crippen molar-refractivity contribution in [2.75, 3.05) is 37.7 Å². The molecule has 3 N–H and O–H groups in total. The predicted octanol–water partition coefficient (Wildman–Crippen LogP) is 4.94. The van der Waals surface area contributed by atoms with Crippen molar-refractivity contribution >= 4 is 27.5 Å². The van der Waals surface area contributed by atoms with Crippen molar-refractivity contribution < 1.29 is 31.8 Å². The van der Waals surface area contributed by atoms with Crippen LogP contribution in [0, 0.1) is 24.0 Å². The van der Waals surface area contributed by atoms with E-state index in [-0.39, 0.29) is 76.8 Å². The highest BCUT2D eigenvalue weighted by molar-refractivity contribution is 6.03. The number of fused-ring (bicyclic) bond motifs is 3. The van der Waals surface area contributed by atoms with E-state index in [1.807, 2.05) is 4.90 Å². The Balaban J connectivity index is 1.39. The Morgan fingerprint density at radius 3 is 2.76 bits per heavy atom. The number of alkyl halides is 3. The number of benzene rings is 2. The van der Waals surface area contributed by atoms with Crippen LogP contribution >= 0.6 is 0 Å². The maximum absolute atomic E-state index is 16.6. The number of piperidine rings is 1. The Bertz CT molecular complexity index is 1880. The average Bonchev–Trinajstić information content (AvgIpc) is 3.50. The fourth-order valence-corrected chi connectivity index (χ4v) is 7.22. The monoisotopic (exact) mass is 624 g/mol. The molecule has 8 nitrogen and oxygen atoms in total. The van der Waals surface area contributed by atoms with Crippen LogP contribution in [0.25, 0.3) is 32.9 Å². The number of nitrogens with zero attached hydrogens (tertiary/aromatic N) is 5. The van der Waals surface area contributed by atoms with Crippen molar-refractivity contribution in [3.8, 4) is 35.4 Å². The van der Waals surface area contributed by atoms with Gasteiger partial charge in [-0.25, -0.2) is 22.0 Å². The molecule has 0 amide bonds. The molecule has 3 aliphatic rings. The van der Waals surface area contributed by atoms with Crippen molar-refractivity contribution in [2.24, 2.45) is 5.73 Å². The highest BCUT2D eigenvalue weighted by Crippen LogP contribution is 2.42. The van der Waals surface area contributed by atoms with Gasteiger partial charge in [-0.2, -0.15) is 9.97 Å². The summed E-state index contributed by atoms with van der Waals surface area (Å²) in [5, 5.41) is 11.0. The number of halogens is 5. The Hall–Kier alpha value is -4.28. The number of hydrogen-bond acceptors (Lipinski definition) is 8. The number of phenols is 1. The molecule has 0 saturated carbocycles. The van der Waals surface area contributed by atoms with E-state index in [0.717, 1.165) is 19.0 Å². The first-order valence-electron chi connectivity index (χ1n) is 14.7. The van der Waals surface area contributed by atoms with E-state index < -0.39 is 48.3 Å². The summed E-state index contributed by atoms with van der Waals surface area (Å²) in [6.45, 7) is 0.314. The van der Waals surface area contributed by atoms with Crippen LogP contribution in [0.4, 0.5) is 27.8 Å². The summed E-state index contributed by atoms with van der Waals surface area (Å²) in [5.74, 6) is -2.84. The van der Waals surface area contributed by atoms with Crippen molar-refractivity contribution in [2.45, 2.75) is 49.4 Å². The lowest BCUT2D eigenvalue weighted by Gasteiger charge is -2.37. The zero-order chi connectivity index (χ0) is 31.7. The topological polar surface area (TPSA) is 101 Å². The number of anilines is 1. The minimum Gasteiger partial charge on any atom is -0.508 e. The van der Waals surface area contributed by atoms with Crippen LogP contribution in [0.2, 0.25) is 0 Å². The number of hydrogen-bond donors (Lipinski definition) is 2. The molecule has 7 rings (SSSR count). The molecule has 13 heteroatoms. The van der Waals surface area contributed by atoms with Gasteiger partial charge in [-0.05, 0) is 43.0 Å². The SMILES string of the molecule is C#Cc1c(F)ccc2cc(O)cc(-c3ncc4c(N5C[C@H](N)CC(F)(F)C5)nc(OC[C@@]56CCCN5C[C@H](F)C6)nc4c3F)c12. The maximum atomic E-state index is 16.6. The number of rotatable bonds is 5. The summed E-state index contributed by atoms with van der Waals surface area (Å²) in [6, 6.07) is 3.95. The third-order valence-corrected chi connectivity index (χ3v) is 9.06. The Morgan fingerprint density at radius 2 is 1.98 bits per heavy atom. The molecule has 3 fully saturated rings. The molecule has 0 aliphatic carbocycles. The molecular weight excluding hydrogens is 595 g/mol. The van der Waals surface area contributed by atoms with Gasteiger partial charge in [0.2, 0.25) is 0 Å². The normalized spacial score (nSPS) is 24.7. The Labute approximate surface area is 255 Å². The van der Waals surface area contributed by atoms with Crippen LogP contribution in [-0.2, 0) is 0 Å². The molecule has 3 atom stereocenters. The standard InChI is InChI=1S/C32H29F5N6O2/c1-2-21-24(34)5-4-17-8-20(44)9-22(25(17)21)27-26(35)28-23(12-39-27)29(42-14-19(38)11-32(36,37)15-42)41-30(40-28)45-16-31-6-3-7-43(31)13-18(33)10-31/h1,4-5,8-9,12,18-19,44H,3,6-7,10-11,13-16,38H2/t18-,19-,31+/m1/s1. The molecule has 234 valence electrons. The fourth-order valence-electron chi connectivity index (χ4n) is 7.22. The van der Waals surface area contributed by atoms with Gasteiger partial charge in [-0.3, -0.25) is 9.88 Å². The molecule has 4 aromatic rings. The highest BCUT2D eigenvalue weighted by atomic mass is 19.3. The summed E-state index contributed by atoms with van der Waals surface area (Å²) in [5.41, 5.74) is 4.65. The van der Waals surface area contributed by atoms with Crippen molar-refractivity contribution in [3.63, 3.8) is 0 Å². The Kier molecular flexibility index (Phi) is 6.98. The minimum absolute atomic E-state index is 0.00596. The molecule has 2 aromatic carbocycles. The van der Waals surface area contributed by atoms with Crippen LogP contribution in [0.5, 0.6) is 11.8 Å². The second-order valence-corrected chi connectivity index (χ2v) is 12.2. The average molecular weight is 625 g/mol. The van der Waals surface area contributed by atoms with Crippen molar-refractivity contribution in [1.82, 2.24) is 19.9 Å². The lowest BCUT2D eigenvalue weighted by Crippen LogP contribution is -2.53. The smallest absolute Gasteiger partial charge is 0.319 e. The van der Waals surface area contributed by atoms with Gasteiger partial charge in [0.15, 0.2) is 5.82 Å². The lowest BCUT2D eigenvalue weighted by molar-refractivity contribution is -0.0173. The van der Waals surface area contributed by atoms with Crippen LogP contribution in [0.15, 0.2) is 30.5 Å². The summed E-state index contributed by atoms with van der Waals surface area (Å²) in [7, 11) is 0. The van der Waals surface area contributed by atoms with Gasteiger partial charge in [-0.1, -0.05) is 12.0 Å². The number of aromatic nitrogens is 3. The molecule has 45 heavy (non-hydrogen) atoms. The summed E-state index contributed by atoms with van der Waals surface area (Å²) < 4.78 is 81.2. The first-order valence-corrected chi connectivity index (χ1v) is 14.7. The zero-order valence-corrected chi connectivity index (χ0v) is 24.0. The molecule has 0 unspecified atom stereocenters. The van der Waals surface area contributed by atoms with Gasteiger partial charge in [0.1, 0.15) is 41.4 Å². The van der Waals surface area contributed by atoms with E-state index in [1.165, 1.54) is 29.3 Å². The number of nitrogens with two attached hydrogens (primary N) is 1. The van der Waals surface area contributed by atoms with E-state index in [9.17, 15) is 22.7 Å². The third-order valence-electron chi connectivity index (χ3n) is 9.06. The first kappa shape index (κ1) is 29.4. The van der Waals surface area contributed by atoms with Gasteiger partial charge >= 0.3 is 6.01 Å². The van der Waals surface area contributed by atoms with E-state index in [4.69, 9.17) is 16.9 Å². The molecule has 3 aliphatic heterocycles. The number of phenolic OH excluding ortho intramolecular Hbond substituents is 1. The van der Waals surface area contributed by atoms with Gasteiger partial charge in [0, 0.05) is 49.1 Å². The van der Waals surface area contributed by atoms with Crippen LogP contribution in [0.1, 0.15) is 31.2 Å². The fraction of sp³-hybridized carbons (Fsp3) is 0.406. The molecule has 0 radical (unpaired) electrons. The van der Waals surface area contributed by atoms with Crippen LogP contribution in [-0.4, -0.2) is 81.4 Å².